The first kappa shape index (κ1) is 22.1. The molecule has 1 saturated heterocycles. The SMILES string of the molecule is CCOc1ccc(/C(O)=C2\C(=O)C(=O)N(c3ccccc3C)C2c2ccccc2OC)cc1. The van der Waals surface area contributed by atoms with Gasteiger partial charge in [-0.2, -0.15) is 0 Å². The Labute approximate surface area is 192 Å². The fourth-order valence-electron chi connectivity index (χ4n) is 4.13. The van der Waals surface area contributed by atoms with Crippen molar-refractivity contribution in [2.75, 3.05) is 18.6 Å². The van der Waals surface area contributed by atoms with Crippen LogP contribution in [0.25, 0.3) is 5.76 Å². The largest absolute Gasteiger partial charge is 0.507 e. The van der Waals surface area contributed by atoms with Gasteiger partial charge in [0.25, 0.3) is 11.7 Å². The Bertz CT molecular complexity index is 1230. The van der Waals surface area contributed by atoms with E-state index in [1.165, 1.54) is 12.0 Å². The zero-order chi connectivity index (χ0) is 23.5. The summed E-state index contributed by atoms with van der Waals surface area (Å²) in [6.45, 7) is 4.27. The molecule has 3 aromatic carbocycles. The van der Waals surface area contributed by atoms with Crippen molar-refractivity contribution in [1.82, 2.24) is 0 Å². The van der Waals surface area contributed by atoms with Crippen molar-refractivity contribution < 1.29 is 24.2 Å². The maximum atomic E-state index is 13.3. The predicted molar refractivity (Wildman–Crippen MR) is 127 cm³/mol. The summed E-state index contributed by atoms with van der Waals surface area (Å²) >= 11 is 0. The quantitative estimate of drug-likeness (QED) is 0.329. The number of amides is 1. The smallest absolute Gasteiger partial charge is 0.300 e. The molecule has 1 fully saturated rings. The van der Waals surface area contributed by atoms with E-state index in [0.717, 1.165) is 5.56 Å². The lowest BCUT2D eigenvalue weighted by molar-refractivity contribution is -0.132. The second-order valence-corrected chi connectivity index (χ2v) is 7.65. The number of methoxy groups -OCH3 is 1. The summed E-state index contributed by atoms with van der Waals surface area (Å²) in [7, 11) is 1.53. The molecule has 0 aliphatic carbocycles. The molecule has 0 saturated carbocycles. The first-order valence-electron chi connectivity index (χ1n) is 10.7. The van der Waals surface area contributed by atoms with Crippen LogP contribution in [0, 0.1) is 6.92 Å². The molecule has 1 amide bonds. The first-order valence-corrected chi connectivity index (χ1v) is 10.7. The second-order valence-electron chi connectivity index (χ2n) is 7.65. The Morgan fingerprint density at radius 2 is 1.64 bits per heavy atom. The molecule has 33 heavy (non-hydrogen) atoms. The van der Waals surface area contributed by atoms with Gasteiger partial charge in [0.2, 0.25) is 0 Å². The fraction of sp³-hybridized carbons (Fsp3) is 0.185. The lowest BCUT2D eigenvalue weighted by Crippen LogP contribution is -2.30. The summed E-state index contributed by atoms with van der Waals surface area (Å²) in [6.07, 6.45) is 0. The van der Waals surface area contributed by atoms with Gasteiger partial charge in [-0.1, -0.05) is 36.4 Å². The van der Waals surface area contributed by atoms with Crippen LogP contribution in [0.3, 0.4) is 0 Å². The van der Waals surface area contributed by atoms with Crippen molar-refractivity contribution in [2.45, 2.75) is 19.9 Å². The average molecular weight is 443 g/mol. The number of carbonyl (C=O) groups excluding carboxylic acids is 2. The standard InChI is InChI=1S/C27H25NO5/c1-4-33-19-15-13-18(14-16-19)25(29)23-24(20-10-6-8-12-22(20)32-3)28(27(31)26(23)30)21-11-7-5-9-17(21)2/h5-16,24,29H,4H2,1-3H3/b25-23+. The second kappa shape index (κ2) is 9.20. The van der Waals surface area contributed by atoms with E-state index < -0.39 is 17.7 Å². The predicted octanol–water partition coefficient (Wildman–Crippen LogP) is 5.03. The van der Waals surface area contributed by atoms with Crippen LogP contribution in [0.2, 0.25) is 0 Å². The Morgan fingerprint density at radius 3 is 2.30 bits per heavy atom. The Balaban J connectivity index is 1.94. The van der Waals surface area contributed by atoms with E-state index in [1.54, 1.807) is 42.5 Å². The van der Waals surface area contributed by atoms with Gasteiger partial charge in [0.1, 0.15) is 17.3 Å². The lowest BCUT2D eigenvalue weighted by atomic mass is 9.94. The van der Waals surface area contributed by atoms with Crippen LogP contribution in [0.1, 0.15) is 29.7 Å². The van der Waals surface area contributed by atoms with Crippen LogP contribution < -0.4 is 14.4 Å². The highest BCUT2D eigenvalue weighted by atomic mass is 16.5. The van der Waals surface area contributed by atoms with Gasteiger partial charge in [0, 0.05) is 16.8 Å². The first-order chi connectivity index (χ1) is 16.0. The number of hydrogen-bond acceptors (Lipinski definition) is 5. The molecule has 1 aliphatic heterocycles. The third kappa shape index (κ3) is 3.96. The van der Waals surface area contributed by atoms with Gasteiger partial charge in [0.15, 0.2) is 0 Å². The number of aliphatic hydroxyl groups is 1. The van der Waals surface area contributed by atoms with Crippen LogP contribution in [-0.2, 0) is 9.59 Å². The molecule has 1 unspecified atom stereocenters. The zero-order valence-corrected chi connectivity index (χ0v) is 18.7. The van der Waals surface area contributed by atoms with E-state index in [-0.39, 0.29) is 11.3 Å². The van der Waals surface area contributed by atoms with Crippen molar-refractivity contribution in [1.29, 1.82) is 0 Å². The Morgan fingerprint density at radius 1 is 0.970 bits per heavy atom. The van der Waals surface area contributed by atoms with Crippen LogP contribution in [0.4, 0.5) is 5.69 Å². The minimum Gasteiger partial charge on any atom is -0.507 e. The zero-order valence-electron chi connectivity index (χ0n) is 18.7. The molecule has 0 aromatic heterocycles. The van der Waals surface area contributed by atoms with E-state index in [2.05, 4.69) is 0 Å². The average Bonchev–Trinajstić information content (AvgIpc) is 3.10. The number of carbonyl (C=O) groups is 2. The topological polar surface area (TPSA) is 76.1 Å². The van der Waals surface area contributed by atoms with Crippen molar-refractivity contribution in [3.63, 3.8) is 0 Å². The van der Waals surface area contributed by atoms with Gasteiger partial charge in [-0.15, -0.1) is 0 Å². The highest BCUT2D eigenvalue weighted by Crippen LogP contribution is 2.45. The van der Waals surface area contributed by atoms with E-state index in [1.807, 2.05) is 44.2 Å². The molecule has 1 aliphatic rings. The minimum absolute atomic E-state index is 0.0110. The molecule has 6 heteroatoms. The van der Waals surface area contributed by atoms with Crippen LogP contribution in [-0.4, -0.2) is 30.5 Å². The summed E-state index contributed by atoms with van der Waals surface area (Å²) in [6, 6.07) is 20.5. The number of aliphatic hydroxyl groups excluding tert-OH is 1. The summed E-state index contributed by atoms with van der Waals surface area (Å²) in [5.74, 6) is -0.534. The molecule has 4 rings (SSSR count). The van der Waals surface area contributed by atoms with Crippen molar-refractivity contribution in [2.24, 2.45) is 0 Å². The number of para-hydroxylation sites is 2. The Hall–Kier alpha value is -4.06. The molecule has 1 atom stereocenters. The molecule has 168 valence electrons. The van der Waals surface area contributed by atoms with Gasteiger partial charge in [0.05, 0.1) is 25.3 Å². The monoisotopic (exact) mass is 443 g/mol. The van der Waals surface area contributed by atoms with Crippen molar-refractivity contribution in [3.05, 3.63) is 95.1 Å². The summed E-state index contributed by atoms with van der Waals surface area (Å²) in [4.78, 5) is 28.0. The highest BCUT2D eigenvalue weighted by Gasteiger charge is 2.48. The summed E-state index contributed by atoms with van der Waals surface area (Å²) in [5.41, 5.74) is 2.47. The van der Waals surface area contributed by atoms with Gasteiger partial charge < -0.3 is 14.6 Å². The summed E-state index contributed by atoms with van der Waals surface area (Å²) in [5, 5.41) is 11.3. The summed E-state index contributed by atoms with van der Waals surface area (Å²) < 4.78 is 11.0. The number of benzene rings is 3. The van der Waals surface area contributed by atoms with Crippen LogP contribution in [0.5, 0.6) is 11.5 Å². The van der Waals surface area contributed by atoms with Gasteiger partial charge in [-0.3, -0.25) is 14.5 Å². The molecule has 0 bridgehead atoms. The molecule has 1 heterocycles. The lowest BCUT2D eigenvalue weighted by Gasteiger charge is -2.27. The van der Waals surface area contributed by atoms with Gasteiger partial charge >= 0.3 is 0 Å². The third-order valence-corrected chi connectivity index (χ3v) is 5.69. The Kier molecular flexibility index (Phi) is 6.18. The number of hydrogen-bond donors (Lipinski definition) is 1. The molecule has 0 spiro atoms. The van der Waals surface area contributed by atoms with Gasteiger partial charge in [-0.05, 0) is 55.8 Å². The van der Waals surface area contributed by atoms with E-state index >= 15 is 0 Å². The van der Waals surface area contributed by atoms with E-state index in [0.29, 0.717) is 34.9 Å². The van der Waals surface area contributed by atoms with E-state index in [4.69, 9.17) is 9.47 Å². The molecular formula is C27H25NO5. The number of ketones is 1. The van der Waals surface area contributed by atoms with Crippen LogP contribution >= 0.6 is 0 Å². The number of Topliss-reactive ketones (excluding diaryl/α,β-unsaturated/α-hetero) is 1. The third-order valence-electron chi connectivity index (χ3n) is 5.69. The van der Waals surface area contributed by atoms with Crippen molar-refractivity contribution in [3.8, 4) is 11.5 Å². The number of nitrogens with zero attached hydrogens (tertiary/aromatic N) is 1. The maximum absolute atomic E-state index is 13.3. The minimum atomic E-state index is -0.853. The number of anilines is 1. The maximum Gasteiger partial charge on any atom is 0.300 e. The highest BCUT2D eigenvalue weighted by molar-refractivity contribution is 6.51. The molecule has 0 radical (unpaired) electrons. The molecule has 1 N–H and O–H groups in total. The fourth-order valence-corrected chi connectivity index (χ4v) is 4.13. The number of rotatable bonds is 6. The normalized spacial score (nSPS) is 17.3. The molecular weight excluding hydrogens is 418 g/mol. The van der Waals surface area contributed by atoms with Crippen LogP contribution in [0.15, 0.2) is 78.4 Å². The number of ether oxygens (including phenoxy) is 2. The van der Waals surface area contributed by atoms with Crippen molar-refractivity contribution >= 4 is 23.1 Å². The van der Waals surface area contributed by atoms with E-state index in [9.17, 15) is 14.7 Å². The number of aryl methyl sites for hydroxylation is 1. The molecule has 6 nitrogen and oxygen atoms in total. The molecule has 3 aromatic rings. The van der Waals surface area contributed by atoms with Gasteiger partial charge in [-0.25, -0.2) is 0 Å².